The Morgan fingerprint density at radius 2 is 1.79 bits per heavy atom. The summed E-state index contributed by atoms with van der Waals surface area (Å²) in [5, 5.41) is 5.14. The predicted octanol–water partition coefficient (Wildman–Crippen LogP) is 3.35. The van der Waals surface area contributed by atoms with Gasteiger partial charge in [0.15, 0.2) is 23.6 Å². The first-order valence-corrected chi connectivity index (χ1v) is 9.70. The topological polar surface area (TPSA) is 97.4 Å². The van der Waals surface area contributed by atoms with Crippen molar-refractivity contribution in [3.63, 3.8) is 0 Å². The van der Waals surface area contributed by atoms with E-state index in [1.54, 1.807) is 6.07 Å². The van der Waals surface area contributed by atoms with E-state index in [0.717, 1.165) is 23.0 Å². The first-order chi connectivity index (χ1) is 15.7. The molecule has 1 unspecified atom stereocenters. The van der Waals surface area contributed by atoms with Crippen molar-refractivity contribution in [2.45, 2.75) is 13.0 Å². The molecule has 0 aliphatic carbocycles. The molecule has 0 spiro atoms. The zero-order chi connectivity index (χ0) is 24.0. The Morgan fingerprint density at radius 1 is 1.03 bits per heavy atom. The number of pyridine rings is 1. The Kier molecular flexibility index (Phi) is 7.39. The van der Waals surface area contributed by atoms with E-state index in [-0.39, 0.29) is 0 Å². The summed E-state index contributed by atoms with van der Waals surface area (Å²) in [6, 6.07) is 12.5. The number of fused-ring (bicyclic) bond motifs is 1. The van der Waals surface area contributed by atoms with Crippen LogP contribution in [0.1, 0.15) is 12.6 Å². The van der Waals surface area contributed by atoms with E-state index in [1.807, 2.05) is 35.6 Å². The minimum atomic E-state index is -1.73. The molecule has 10 heteroatoms. The summed E-state index contributed by atoms with van der Waals surface area (Å²) in [4.78, 5) is 40.2. The van der Waals surface area contributed by atoms with Gasteiger partial charge < -0.3 is 15.4 Å². The van der Waals surface area contributed by atoms with Crippen molar-refractivity contribution in [2.75, 3.05) is 11.9 Å². The van der Waals surface area contributed by atoms with Gasteiger partial charge in [0.2, 0.25) is 5.91 Å². The second-order valence-electron chi connectivity index (χ2n) is 6.83. The Morgan fingerprint density at radius 3 is 2.58 bits per heavy atom. The third kappa shape index (κ3) is 6.16. The first-order valence-electron chi connectivity index (χ1n) is 9.70. The molecule has 7 nitrogen and oxygen atoms in total. The number of carbonyl (C=O) groups is 3. The van der Waals surface area contributed by atoms with Gasteiger partial charge in [0, 0.05) is 11.5 Å². The Hall–Kier alpha value is -4.21. The van der Waals surface area contributed by atoms with Gasteiger partial charge in [-0.1, -0.05) is 24.3 Å². The molecule has 1 heterocycles. The van der Waals surface area contributed by atoms with Crippen molar-refractivity contribution in [1.29, 1.82) is 0 Å². The van der Waals surface area contributed by atoms with Gasteiger partial charge in [-0.05, 0) is 37.3 Å². The number of aromatic nitrogens is 1. The van der Waals surface area contributed by atoms with Gasteiger partial charge in [0.1, 0.15) is 0 Å². The van der Waals surface area contributed by atoms with Crippen LogP contribution in [0.4, 0.5) is 18.9 Å². The third-order valence-electron chi connectivity index (χ3n) is 4.40. The Balaban J connectivity index is 1.48. The van der Waals surface area contributed by atoms with Crippen LogP contribution in [0.5, 0.6) is 0 Å². The average molecular weight is 457 g/mol. The van der Waals surface area contributed by atoms with Crippen LogP contribution in [0.25, 0.3) is 17.0 Å². The van der Waals surface area contributed by atoms with E-state index in [2.05, 4.69) is 10.3 Å². The summed E-state index contributed by atoms with van der Waals surface area (Å²) in [5.41, 5.74) is 0.686. The molecule has 3 aromatic rings. The minimum Gasteiger partial charge on any atom is -0.449 e. The number of hydrogen-bond donors (Lipinski definition) is 2. The molecule has 33 heavy (non-hydrogen) atoms. The summed E-state index contributed by atoms with van der Waals surface area (Å²) >= 11 is 0. The number of halogens is 3. The van der Waals surface area contributed by atoms with Gasteiger partial charge >= 0.3 is 5.97 Å². The maximum Gasteiger partial charge on any atom is 0.331 e. The molecule has 0 bridgehead atoms. The number of benzene rings is 2. The fourth-order valence-corrected chi connectivity index (χ4v) is 2.72. The summed E-state index contributed by atoms with van der Waals surface area (Å²) < 4.78 is 44.7. The molecular formula is C23H18F3N3O4. The molecule has 1 aromatic heterocycles. The van der Waals surface area contributed by atoms with Crippen LogP contribution in [-0.2, 0) is 19.1 Å². The van der Waals surface area contributed by atoms with Crippen molar-refractivity contribution in [3.05, 3.63) is 77.8 Å². The van der Waals surface area contributed by atoms with Crippen molar-refractivity contribution in [3.8, 4) is 0 Å². The lowest BCUT2D eigenvalue weighted by molar-refractivity contribution is -0.150. The van der Waals surface area contributed by atoms with Gasteiger partial charge in [-0.15, -0.1) is 0 Å². The van der Waals surface area contributed by atoms with Crippen molar-refractivity contribution < 1.29 is 32.3 Å². The highest BCUT2D eigenvalue weighted by atomic mass is 19.2. The normalized spacial score (nSPS) is 11.9. The quantitative estimate of drug-likeness (QED) is 0.322. The zero-order valence-electron chi connectivity index (χ0n) is 17.3. The number of amides is 2. The number of esters is 1. The number of ether oxygens (including phenoxy) is 1. The smallest absolute Gasteiger partial charge is 0.331 e. The molecule has 0 aliphatic heterocycles. The Bertz CT molecular complexity index is 1250. The molecule has 1 atom stereocenters. The largest absolute Gasteiger partial charge is 0.449 e. The van der Waals surface area contributed by atoms with Gasteiger partial charge in [-0.25, -0.2) is 22.9 Å². The molecule has 0 saturated heterocycles. The molecule has 170 valence electrons. The molecule has 3 rings (SSSR count). The van der Waals surface area contributed by atoms with E-state index >= 15 is 0 Å². The van der Waals surface area contributed by atoms with Gasteiger partial charge in [0.25, 0.3) is 5.91 Å². The fourth-order valence-electron chi connectivity index (χ4n) is 2.72. The number of rotatable bonds is 7. The van der Waals surface area contributed by atoms with Crippen molar-refractivity contribution in [2.24, 2.45) is 0 Å². The third-order valence-corrected chi connectivity index (χ3v) is 4.40. The van der Waals surface area contributed by atoms with E-state index < -0.39 is 53.6 Å². The molecule has 2 N–H and O–H groups in total. The molecule has 2 amide bonds. The number of carbonyl (C=O) groups excluding carboxylic acids is 3. The number of para-hydroxylation sites is 1. The van der Waals surface area contributed by atoms with Crippen LogP contribution in [0.2, 0.25) is 0 Å². The summed E-state index contributed by atoms with van der Waals surface area (Å²) in [6.07, 6.45) is 1.31. The van der Waals surface area contributed by atoms with E-state index in [9.17, 15) is 27.6 Å². The lowest BCUT2D eigenvalue weighted by Crippen LogP contribution is -2.40. The van der Waals surface area contributed by atoms with Crippen molar-refractivity contribution in [1.82, 2.24) is 10.3 Å². The van der Waals surface area contributed by atoms with Crippen LogP contribution >= 0.6 is 0 Å². The lowest BCUT2D eigenvalue weighted by atomic mass is 10.2. The monoisotopic (exact) mass is 457 g/mol. The van der Waals surface area contributed by atoms with Gasteiger partial charge in [-0.3, -0.25) is 9.59 Å². The minimum absolute atomic E-state index is 0.517. The maximum absolute atomic E-state index is 13.6. The highest BCUT2D eigenvalue weighted by molar-refractivity contribution is 5.96. The zero-order valence-corrected chi connectivity index (χ0v) is 17.3. The first kappa shape index (κ1) is 23.5. The van der Waals surface area contributed by atoms with Crippen LogP contribution in [-0.4, -0.2) is 35.4 Å². The molecular weight excluding hydrogens is 439 g/mol. The fraction of sp³-hybridized carbons (Fsp3) is 0.130. The summed E-state index contributed by atoms with van der Waals surface area (Å²) in [6.45, 7) is 0.679. The Labute approximate surface area is 186 Å². The van der Waals surface area contributed by atoms with Crippen molar-refractivity contribution >= 4 is 40.4 Å². The molecule has 2 aromatic carbocycles. The van der Waals surface area contributed by atoms with E-state index in [1.165, 1.54) is 13.0 Å². The second-order valence-corrected chi connectivity index (χ2v) is 6.83. The maximum atomic E-state index is 13.6. The molecule has 0 saturated carbocycles. The molecule has 0 radical (unpaired) electrons. The SMILES string of the molecule is CC(OC(=O)/C=C/c1ccc2ccccc2n1)C(=O)NCC(=O)Nc1ccc(F)c(F)c1F. The van der Waals surface area contributed by atoms with Crippen LogP contribution in [0.15, 0.2) is 54.6 Å². The van der Waals surface area contributed by atoms with Gasteiger partial charge in [0.05, 0.1) is 23.4 Å². The van der Waals surface area contributed by atoms with Crippen LogP contribution in [0, 0.1) is 17.5 Å². The molecule has 0 aliphatic rings. The highest BCUT2D eigenvalue weighted by Gasteiger charge is 2.19. The highest BCUT2D eigenvalue weighted by Crippen LogP contribution is 2.19. The average Bonchev–Trinajstić information content (AvgIpc) is 2.81. The standard InChI is InChI=1S/C23H18F3N3O4/c1-13(23(32)27-12-19(30)29-18-10-9-16(24)21(25)22(18)26)33-20(31)11-8-15-7-6-14-4-2-3-5-17(14)28-15/h2-11,13H,12H2,1H3,(H,27,32)(H,29,30)/b11-8+. The summed E-state index contributed by atoms with van der Waals surface area (Å²) in [7, 11) is 0. The number of nitrogens with one attached hydrogen (secondary N) is 2. The number of hydrogen-bond acceptors (Lipinski definition) is 5. The summed E-state index contributed by atoms with van der Waals surface area (Å²) in [5.74, 6) is -7.19. The van der Waals surface area contributed by atoms with E-state index in [0.29, 0.717) is 11.8 Å². The van der Waals surface area contributed by atoms with Crippen LogP contribution < -0.4 is 10.6 Å². The second kappa shape index (κ2) is 10.4. The predicted molar refractivity (Wildman–Crippen MR) is 114 cm³/mol. The number of anilines is 1. The lowest BCUT2D eigenvalue weighted by Gasteiger charge is -2.12. The number of nitrogens with zero attached hydrogens (tertiary/aromatic N) is 1. The van der Waals surface area contributed by atoms with Crippen LogP contribution in [0.3, 0.4) is 0 Å². The van der Waals surface area contributed by atoms with E-state index in [4.69, 9.17) is 4.74 Å². The van der Waals surface area contributed by atoms with Gasteiger partial charge in [-0.2, -0.15) is 0 Å². The molecule has 0 fully saturated rings.